The lowest BCUT2D eigenvalue weighted by Crippen LogP contribution is -2.19. The average molecular weight is 428 g/mol. The van der Waals surface area contributed by atoms with Crippen LogP contribution in [0.25, 0.3) is 22.2 Å². The minimum Gasteiger partial charge on any atom is -0.267 e. The van der Waals surface area contributed by atoms with Gasteiger partial charge in [0.1, 0.15) is 0 Å². The van der Waals surface area contributed by atoms with Gasteiger partial charge in [0.15, 0.2) is 0 Å². The molecule has 31 heavy (non-hydrogen) atoms. The molecule has 0 spiro atoms. The number of thiophene rings is 1. The Morgan fingerprint density at radius 3 is 2.58 bits per heavy atom. The summed E-state index contributed by atoms with van der Waals surface area (Å²) in [5.74, 6) is -0.240. The summed E-state index contributed by atoms with van der Waals surface area (Å²) in [5.41, 5.74) is 9.09. The van der Waals surface area contributed by atoms with E-state index in [0.29, 0.717) is 5.56 Å². The van der Waals surface area contributed by atoms with Crippen LogP contribution < -0.4 is 5.43 Å². The van der Waals surface area contributed by atoms with E-state index in [0.717, 1.165) is 39.2 Å². The Bertz CT molecular complexity index is 1300. The third-order valence-corrected chi connectivity index (χ3v) is 6.79. The van der Waals surface area contributed by atoms with Crippen molar-refractivity contribution in [3.8, 4) is 11.3 Å². The molecule has 0 saturated heterocycles. The fourth-order valence-corrected chi connectivity index (χ4v) is 4.32. The third-order valence-electron chi connectivity index (χ3n) is 5.46. The Balaban J connectivity index is 1.70. The molecule has 1 N–H and O–H groups in total. The molecule has 2 heterocycles. The fourth-order valence-electron chi connectivity index (χ4n) is 3.42. The predicted octanol–water partition coefficient (Wildman–Crippen LogP) is 6.30. The van der Waals surface area contributed by atoms with Crippen LogP contribution in [-0.4, -0.2) is 16.6 Å². The van der Waals surface area contributed by atoms with Crippen LogP contribution in [-0.2, 0) is 6.42 Å². The maximum Gasteiger partial charge on any atom is 0.272 e. The molecular weight excluding hydrogens is 402 g/mol. The highest BCUT2D eigenvalue weighted by Crippen LogP contribution is 2.26. The summed E-state index contributed by atoms with van der Waals surface area (Å²) in [6, 6.07) is 20.0. The van der Waals surface area contributed by atoms with Crippen LogP contribution in [0.1, 0.15) is 45.1 Å². The van der Waals surface area contributed by atoms with Crippen molar-refractivity contribution in [2.24, 2.45) is 5.10 Å². The largest absolute Gasteiger partial charge is 0.272 e. The Hall–Kier alpha value is -3.31. The zero-order chi connectivity index (χ0) is 22.0. The summed E-state index contributed by atoms with van der Waals surface area (Å²) in [6.07, 6.45) is 0.995. The van der Waals surface area contributed by atoms with Crippen LogP contribution in [0.5, 0.6) is 0 Å². The minimum atomic E-state index is -0.240. The topological polar surface area (TPSA) is 54.4 Å². The minimum absolute atomic E-state index is 0.240. The van der Waals surface area contributed by atoms with Gasteiger partial charge in [-0.15, -0.1) is 11.3 Å². The van der Waals surface area contributed by atoms with E-state index < -0.39 is 0 Å². The van der Waals surface area contributed by atoms with E-state index in [-0.39, 0.29) is 5.91 Å². The number of nitrogens with zero attached hydrogens (tertiary/aromatic N) is 2. The number of aryl methyl sites for hydroxylation is 3. The van der Waals surface area contributed by atoms with E-state index in [4.69, 9.17) is 4.98 Å². The van der Waals surface area contributed by atoms with E-state index in [1.54, 1.807) is 11.3 Å². The van der Waals surface area contributed by atoms with Gasteiger partial charge in [-0.1, -0.05) is 37.3 Å². The number of amides is 1. The van der Waals surface area contributed by atoms with E-state index in [2.05, 4.69) is 49.5 Å². The summed E-state index contributed by atoms with van der Waals surface area (Å²) in [5, 5.41) is 5.17. The molecule has 156 valence electrons. The standard InChI is InChI=1S/C26H25N3OS/c1-5-20-12-13-25(31-20)18(4)28-29-26(30)22-15-24(19-11-10-16(2)17(3)14-19)27-23-9-7-6-8-21(22)23/h6-15H,5H2,1-4H3,(H,29,30)/b28-18+. The number of rotatable bonds is 5. The summed E-state index contributed by atoms with van der Waals surface area (Å²) in [6.45, 7) is 8.21. The second-order valence-electron chi connectivity index (χ2n) is 7.63. The highest BCUT2D eigenvalue weighted by Gasteiger charge is 2.14. The van der Waals surface area contributed by atoms with Gasteiger partial charge in [-0.25, -0.2) is 10.4 Å². The maximum absolute atomic E-state index is 13.1. The van der Waals surface area contributed by atoms with Crippen molar-refractivity contribution in [1.82, 2.24) is 10.4 Å². The second kappa shape index (κ2) is 8.82. The van der Waals surface area contributed by atoms with E-state index in [1.165, 1.54) is 16.0 Å². The zero-order valence-electron chi connectivity index (χ0n) is 18.2. The quantitative estimate of drug-likeness (QED) is 0.300. The number of hydrogen-bond donors (Lipinski definition) is 1. The summed E-state index contributed by atoms with van der Waals surface area (Å²) < 4.78 is 0. The Labute approximate surface area is 186 Å². The molecule has 2 aromatic carbocycles. The normalized spacial score (nSPS) is 11.7. The van der Waals surface area contributed by atoms with Crippen LogP contribution in [0.2, 0.25) is 0 Å². The number of carbonyl (C=O) groups is 1. The van der Waals surface area contributed by atoms with Crippen molar-refractivity contribution in [3.63, 3.8) is 0 Å². The van der Waals surface area contributed by atoms with Crippen molar-refractivity contribution in [3.05, 3.63) is 87.1 Å². The molecule has 5 heteroatoms. The first-order valence-electron chi connectivity index (χ1n) is 10.4. The molecule has 0 bridgehead atoms. The van der Waals surface area contributed by atoms with Gasteiger partial charge >= 0.3 is 0 Å². The van der Waals surface area contributed by atoms with Crippen molar-refractivity contribution in [2.45, 2.75) is 34.1 Å². The average Bonchev–Trinajstić information content (AvgIpc) is 3.28. The number of aromatic nitrogens is 1. The zero-order valence-corrected chi connectivity index (χ0v) is 19.0. The highest BCUT2D eigenvalue weighted by atomic mass is 32.1. The van der Waals surface area contributed by atoms with Crippen molar-refractivity contribution in [2.75, 3.05) is 0 Å². The van der Waals surface area contributed by atoms with Crippen molar-refractivity contribution in [1.29, 1.82) is 0 Å². The Morgan fingerprint density at radius 2 is 1.84 bits per heavy atom. The monoisotopic (exact) mass is 427 g/mol. The first kappa shape index (κ1) is 20.9. The summed E-state index contributed by atoms with van der Waals surface area (Å²) >= 11 is 1.70. The molecule has 0 saturated carbocycles. The van der Waals surface area contributed by atoms with E-state index >= 15 is 0 Å². The molecule has 4 rings (SSSR count). The maximum atomic E-state index is 13.1. The molecule has 4 nitrogen and oxygen atoms in total. The number of benzene rings is 2. The number of hydrazone groups is 1. The van der Waals surface area contributed by atoms with Gasteiger partial charge in [0.25, 0.3) is 5.91 Å². The Morgan fingerprint density at radius 1 is 1.03 bits per heavy atom. The highest BCUT2D eigenvalue weighted by molar-refractivity contribution is 7.14. The number of hydrogen-bond acceptors (Lipinski definition) is 4. The molecule has 0 atom stereocenters. The molecule has 0 aliphatic carbocycles. The molecule has 2 aromatic heterocycles. The first-order valence-corrected chi connectivity index (χ1v) is 11.2. The van der Waals surface area contributed by atoms with Gasteiger partial charge in [0, 0.05) is 15.8 Å². The van der Waals surface area contributed by atoms with E-state index in [9.17, 15) is 4.79 Å². The van der Waals surface area contributed by atoms with Gasteiger partial charge < -0.3 is 0 Å². The Kier molecular flexibility index (Phi) is 5.96. The van der Waals surface area contributed by atoms with Gasteiger partial charge in [-0.2, -0.15) is 5.10 Å². The van der Waals surface area contributed by atoms with Gasteiger partial charge in [0.05, 0.1) is 27.4 Å². The number of pyridine rings is 1. The van der Waals surface area contributed by atoms with Crippen LogP contribution in [0.4, 0.5) is 0 Å². The van der Waals surface area contributed by atoms with Crippen LogP contribution in [0.15, 0.2) is 65.8 Å². The molecule has 0 aliphatic heterocycles. The molecular formula is C26H25N3OS. The van der Waals surface area contributed by atoms with Crippen LogP contribution >= 0.6 is 11.3 Å². The molecule has 0 radical (unpaired) electrons. The van der Waals surface area contributed by atoms with Crippen molar-refractivity contribution >= 4 is 33.9 Å². The number of carbonyl (C=O) groups excluding carboxylic acids is 1. The fraction of sp³-hybridized carbons (Fsp3) is 0.192. The summed E-state index contributed by atoms with van der Waals surface area (Å²) in [7, 11) is 0. The lowest BCUT2D eigenvalue weighted by Gasteiger charge is -2.10. The molecule has 1 amide bonds. The SMILES string of the molecule is CCc1ccc(/C(C)=N/NC(=O)c2cc(-c3ccc(C)c(C)c3)nc3ccccc23)s1. The van der Waals surface area contributed by atoms with Crippen LogP contribution in [0, 0.1) is 13.8 Å². The summed E-state index contributed by atoms with van der Waals surface area (Å²) in [4.78, 5) is 20.3. The first-order chi connectivity index (χ1) is 15.0. The van der Waals surface area contributed by atoms with Crippen molar-refractivity contribution < 1.29 is 4.79 Å². The molecule has 0 aliphatic rings. The number of nitrogens with one attached hydrogen (secondary N) is 1. The third kappa shape index (κ3) is 4.42. The lowest BCUT2D eigenvalue weighted by molar-refractivity contribution is 0.0956. The number of para-hydroxylation sites is 1. The van der Waals surface area contributed by atoms with Crippen LogP contribution in [0.3, 0.4) is 0 Å². The molecule has 0 unspecified atom stereocenters. The lowest BCUT2D eigenvalue weighted by atomic mass is 10.0. The van der Waals surface area contributed by atoms with E-state index in [1.807, 2.05) is 49.4 Å². The predicted molar refractivity (Wildman–Crippen MR) is 130 cm³/mol. The molecule has 4 aromatic rings. The number of fused-ring (bicyclic) bond motifs is 1. The smallest absolute Gasteiger partial charge is 0.267 e. The van der Waals surface area contributed by atoms with Gasteiger partial charge in [-0.3, -0.25) is 4.79 Å². The van der Waals surface area contributed by atoms with Gasteiger partial charge in [-0.05, 0) is 68.7 Å². The second-order valence-corrected chi connectivity index (χ2v) is 8.80. The molecule has 0 fully saturated rings. The van der Waals surface area contributed by atoms with Gasteiger partial charge in [0.2, 0.25) is 0 Å².